The minimum Gasteiger partial charge on any atom is -0.344 e. The van der Waals surface area contributed by atoms with Crippen molar-refractivity contribution in [2.45, 2.75) is 45.6 Å². The fourth-order valence-corrected chi connectivity index (χ4v) is 3.14. The van der Waals surface area contributed by atoms with Crippen LogP contribution >= 0.6 is 0 Å². The highest BCUT2D eigenvalue weighted by Gasteiger charge is 2.28. The quantitative estimate of drug-likeness (QED) is 0.802. The van der Waals surface area contributed by atoms with E-state index in [1.54, 1.807) is 6.92 Å². The van der Waals surface area contributed by atoms with Crippen molar-refractivity contribution in [3.8, 4) is 0 Å². The Morgan fingerprint density at radius 3 is 2.55 bits per heavy atom. The van der Waals surface area contributed by atoms with Gasteiger partial charge in [-0.3, -0.25) is 9.59 Å². The van der Waals surface area contributed by atoms with Gasteiger partial charge >= 0.3 is 0 Å². The van der Waals surface area contributed by atoms with Crippen LogP contribution in [0.15, 0.2) is 0 Å². The van der Waals surface area contributed by atoms with E-state index >= 15 is 0 Å². The van der Waals surface area contributed by atoms with Gasteiger partial charge in [0.2, 0.25) is 11.8 Å². The van der Waals surface area contributed by atoms with E-state index in [0.717, 1.165) is 45.4 Å². The Hall–Kier alpha value is -1.10. The number of rotatable bonds is 3. The van der Waals surface area contributed by atoms with E-state index in [4.69, 9.17) is 0 Å². The molecule has 5 nitrogen and oxygen atoms in total. The van der Waals surface area contributed by atoms with Crippen molar-refractivity contribution in [2.75, 3.05) is 26.2 Å². The Kier molecular flexibility index (Phi) is 5.40. The monoisotopic (exact) mass is 281 g/mol. The zero-order chi connectivity index (χ0) is 14.5. The summed E-state index contributed by atoms with van der Waals surface area (Å²) in [7, 11) is 0. The Morgan fingerprint density at radius 1 is 1.20 bits per heavy atom. The predicted molar refractivity (Wildman–Crippen MR) is 78.2 cm³/mol. The number of nitrogens with one attached hydrogen (secondary N) is 2. The molecular formula is C15H27N3O2. The van der Waals surface area contributed by atoms with Gasteiger partial charge in [0.25, 0.3) is 0 Å². The highest BCUT2D eigenvalue weighted by molar-refractivity contribution is 5.88. The molecule has 2 rings (SSSR count). The maximum absolute atomic E-state index is 12.3. The Labute approximate surface area is 121 Å². The number of carbonyl (C=O) groups is 2. The second-order valence-electron chi connectivity index (χ2n) is 6.31. The molecule has 2 amide bonds. The first-order valence-corrected chi connectivity index (χ1v) is 7.88. The number of carbonyl (C=O) groups excluding carboxylic acids is 2. The zero-order valence-corrected chi connectivity index (χ0v) is 12.7. The molecule has 2 saturated heterocycles. The predicted octanol–water partition coefficient (Wildman–Crippen LogP) is 0.749. The fourth-order valence-electron chi connectivity index (χ4n) is 3.14. The molecule has 5 heteroatoms. The average molecular weight is 281 g/mol. The van der Waals surface area contributed by atoms with Crippen LogP contribution in [-0.2, 0) is 9.59 Å². The van der Waals surface area contributed by atoms with Crippen molar-refractivity contribution < 1.29 is 9.59 Å². The summed E-state index contributed by atoms with van der Waals surface area (Å²) in [4.78, 5) is 26.4. The van der Waals surface area contributed by atoms with Gasteiger partial charge in [-0.25, -0.2) is 0 Å². The number of hydrogen-bond acceptors (Lipinski definition) is 3. The van der Waals surface area contributed by atoms with E-state index in [9.17, 15) is 9.59 Å². The van der Waals surface area contributed by atoms with E-state index in [1.165, 1.54) is 6.42 Å². The fraction of sp³-hybridized carbons (Fsp3) is 0.867. The van der Waals surface area contributed by atoms with Gasteiger partial charge in [-0.2, -0.15) is 0 Å². The topological polar surface area (TPSA) is 61.4 Å². The van der Waals surface area contributed by atoms with Gasteiger partial charge in [0.1, 0.15) is 6.04 Å². The molecule has 20 heavy (non-hydrogen) atoms. The Bertz CT molecular complexity index is 353. The van der Waals surface area contributed by atoms with Gasteiger partial charge < -0.3 is 15.5 Å². The van der Waals surface area contributed by atoms with Crippen LogP contribution in [0.3, 0.4) is 0 Å². The number of hydrogen-bond donors (Lipinski definition) is 2. The van der Waals surface area contributed by atoms with E-state index in [0.29, 0.717) is 5.92 Å². The van der Waals surface area contributed by atoms with Crippen molar-refractivity contribution in [3.05, 3.63) is 0 Å². The van der Waals surface area contributed by atoms with Gasteiger partial charge in [0.05, 0.1) is 5.92 Å². The molecule has 2 aliphatic rings. The van der Waals surface area contributed by atoms with Crippen LogP contribution in [0.1, 0.15) is 39.5 Å². The molecule has 0 aliphatic carbocycles. The van der Waals surface area contributed by atoms with Crippen molar-refractivity contribution in [1.29, 1.82) is 0 Å². The van der Waals surface area contributed by atoms with E-state index < -0.39 is 6.04 Å². The van der Waals surface area contributed by atoms with Gasteiger partial charge in [-0.15, -0.1) is 0 Å². The van der Waals surface area contributed by atoms with Gasteiger partial charge in [-0.05, 0) is 45.1 Å². The molecule has 2 aliphatic heterocycles. The first-order valence-electron chi connectivity index (χ1n) is 7.88. The maximum Gasteiger partial charge on any atom is 0.244 e. The normalized spacial score (nSPS) is 28.8. The summed E-state index contributed by atoms with van der Waals surface area (Å²) in [6, 6.07) is -0.405. The largest absolute Gasteiger partial charge is 0.344 e. The lowest BCUT2D eigenvalue weighted by Gasteiger charge is -2.31. The van der Waals surface area contributed by atoms with Crippen molar-refractivity contribution >= 4 is 11.8 Å². The summed E-state index contributed by atoms with van der Waals surface area (Å²) in [5.74, 6) is 0.597. The molecule has 0 aromatic carbocycles. The van der Waals surface area contributed by atoms with Gasteiger partial charge in [0.15, 0.2) is 0 Å². The highest BCUT2D eigenvalue weighted by Crippen LogP contribution is 2.16. The van der Waals surface area contributed by atoms with E-state index in [-0.39, 0.29) is 17.7 Å². The minimum atomic E-state index is -0.405. The summed E-state index contributed by atoms with van der Waals surface area (Å²) in [5.41, 5.74) is 0. The minimum absolute atomic E-state index is 0.00430. The SMILES string of the molecule is CC1CNCC(C(=O)NC(C)C(=O)N2CCCCC2)C1. The lowest BCUT2D eigenvalue weighted by Crippen LogP contribution is -2.51. The Balaban J connectivity index is 1.81. The van der Waals surface area contributed by atoms with E-state index in [2.05, 4.69) is 17.6 Å². The first-order chi connectivity index (χ1) is 9.58. The summed E-state index contributed by atoms with van der Waals surface area (Å²) in [6.45, 7) is 7.32. The first kappa shape index (κ1) is 15.3. The second-order valence-corrected chi connectivity index (χ2v) is 6.31. The smallest absolute Gasteiger partial charge is 0.244 e. The molecule has 3 unspecified atom stereocenters. The molecule has 0 radical (unpaired) electrons. The van der Waals surface area contributed by atoms with Gasteiger partial charge in [0, 0.05) is 19.6 Å². The molecule has 114 valence electrons. The number of piperidine rings is 2. The van der Waals surface area contributed by atoms with Crippen LogP contribution in [0.5, 0.6) is 0 Å². The lowest BCUT2D eigenvalue weighted by molar-refractivity contribution is -0.137. The Morgan fingerprint density at radius 2 is 1.90 bits per heavy atom. The molecule has 0 spiro atoms. The average Bonchev–Trinajstić information content (AvgIpc) is 2.47. The standard InChI is InChI=1S/C15H27N3O2/c1-11-8-13(10-16-9-11)14(19)17-12(2)15(20)18-6-4-3-5-7-18/h11-13,16H,3-10H2,1-2H3,(H,17,19). The summed E-state index contributed by atoms with van der Waals surface area (Å²) in [6.07, 6.45) is 4.27. The number of amides is 2. The van der Waals surface area contributed by atoms with Crippen molar-refractivity contribution in [2.24, 2.45) is 11.8 Å². The van der Waals surface area contributed by atoms with Crippen molar-refractivity contribution in [1.82, 2.24) is 15.5 Å². The third-order valence-electron chi connectivity index (χ3n) is 4.34. The molecule has 2 N–H and O–H groups in total. The molecule has 0 aromatic rings. The molecule has 0 aromatic heterocycles. The third-order valence-corrected chi connectivity index (χ3v) is 4.34. The number of likely N-dealkylation sites (tertiary alicyclic amines) is 1. The molecule has 2 fully saturated rings. The summed E-state index contributed by atoms with van der Waals surface area (Å²) < 4.78 is 0. The molecule has 0 bridgehead atoms. The van der Waals surface area contributed by atoms with Crippen LogP contribution < -0.4 is 10.6 Å². The van der Waals surface area contributed by atoms with Crippen LogP contribution in [0.2, 0.25) is 0 Å². The second kappa shape index (κ2) is 7.07. The molecular weight excluding hydrogens is 254 g/mol. The van der Waals surface area contributed by atoms with Crippen LogP contribution in [0.25, 0.3) is 0 Å². The van der Waals surface area contributed by atoms with Crippen LogP contribution in [0, 0.1) is 11.8 Å². The molecule has 2 heterocycles. The lowest BCUT2D eigenvalue weighted by atomic mass is 9.91. The highest BCUT2D eigenvalue weighted by atomic mass is 16.2. The van der Waals surface area contributed by atoms with Gasteiger partial charge in [-0.1, -0.05) is 6.92 Å². The third kappa shape index (κ3) is 3.95. The van der Waals surface area contributed by atoms with Crippen LogP contribution in [-0.4, -0.2) is 48.9 Å². The molecule has 0 saturated carbocycles. The maximum atomic E-state index is 12.3. The van der Waals surface area contributed by atoms with Crippen molar-refractivity contribution in [3.63, 3.8) is 0 Å². The molecule has 3 atom stereocenters. The zero-order valence-electron chi connectivity index (χ0n) is 12.7. The van der Waals surface area contributed by atoms with Crippen LogP contribution in [0.4, 0.5) is 0 Å². The van der Waals surface area contributed by atoms with E-state index in [1.807, 2.05) is 4.90 Å². The number of nitrogens with zero attached hydrogens (tertiary/aromatic N) is 1. The summed E-state index contributed by atoms with van der Waals surface area (Å²) in [5, 5.41) is 6.17. The summed E-state index contributed by atoms with van der Waals surface area (Å²) >= 11 is 0.